The number of nitrogens with zero attached hydrogens (tertiary/aromatic N) is 5. The monoisotopic (exact) mass is 658 g/mol. The van der Waals surface area contributed by atoms with Gasteiger partial charge in [-0.2, -0.15) is 4.99 Å². The minimum Gasteiger partial charge on any atom is -0.406 e. The van der Waals surface area contributed by atoms with Gasteiger partial charge in [-0.15, -0.1) is 18.3 Å². The van der Waals surface area contributed by atoms with Crippen molar-refractivity contribution in [2.24, 2.45) is 4.99 Å². The number of rotatable bonds is 7. The lowest BCUT2D eigenvalue weighted by atomic mass is 10.0. The summed E-state index contributed by atoms with van der Waals surface area (Å²) in [4.78, 5) is 23.1. The Bertz CT molecular complexity index is 1700. The molecule has 3 aromatic carbocycles. The van der Waals surface area contributed by atoms with Gasteiger partial charge in [0.15, 0.2) is 17.2 Å². The van der Waals surface area contributed by atoms with Crippen LogP contribution in [0.1, 0.15) is 41.8 Å². The Balaban J connectivity index is 1.24. The van der Waals surface area contributed by atoms with Crippen molar-refractivity contribution in [2.75, 3.05) is 10.7 Å². The fourth-order valence-electron chi connectivity index (χ4n) is 5.28. The molecular formula is C32H31F5N6O2S. The average molecular weight is 659 g/mol. The van der Waals surface area contributed by atoms with Gasteiger partial charge in [0.1, 0.15) is 12.1 Å². The SMILES string of the molecule is Cc1cc(C)c(N2C(=NC(=O)NC(F)C(F)c3ccc(-c4ncn(-c5ccc(OC(F)(F)F)cc5)n4)cc3)SCCC2C)c(C)c1. The van der Waals surface area contributed by atoms with Gasteiger partial charge in [0.2, 0.25) is 6.30 Å². The Kier molecular flexibility index (Phi) is 9.66. The van der Waals surface area contributed by atoms with Crippen LogP contribution < -0.4 is 15.0 Å². The number of hydrogen-bond acceptors (Lipinski definition) is 5. The average Bonchev–Trinajstić information content (AvgIpc) is 3.48. The molecule has 3 atom stereocenters. The summed E-state index contributed by atoms with van der Waals surface area (Å²) >= 11 is 1.39. The number of carbonyl (C=O) groups excluding carboxylic acids is 1. The van der Waals surface area contributed by atoms with Gasteiger partial charge in [0.25, 0.3) is 0 Å². The van der Waals surface area contributed by atoms with Crippen molar-refractivity contribution in [3.05, 3.63) is 89.2 Å². The van der Waals surface area contributed by atoms with Crippen LogP contribution in [0.2, 0.25) is 0 Å². The predicted molar refractivity (Wildman–Crippen MR) is 168 cm³/mol. The molecule has 1 N–H and O–H groups in total. The third-order valence-electron chi connectivity index (χ3n) is 7.32. The second kappa shape index (κ2) is 13.5. The first-order valence-corrected chi connectivity index (χ1v) is 15.3. The van der Waals surface area contributed by atoms with Crippen LogP contribution in [-0.2, 0) is 0 Å². The molecule has 0 saturated carbocycles. The molecule has 1 saturated heterocycles. The fourth-order valence-corrected chi connectivity index (χ4v) is 6.48. The molecule has 3 unspecified atom stereocenters. The summed E-state index contributed by atoms with van der Waals surface area (Å²) < 4.78 is 72.6. The topological polar surface area (TPSA) is 84.6 Å². The second-order valence-corrected chi connectivity index (χ2v) is 12.0. The number of benzene rings is 3. The first-order valence-electron chi connectivity index (χ1n) is 14.3. The zero-order chi connectivity index (χ0) is 33.2. The molecule has 1 aliphatic rings. The third-order valence-corrected chi connectivity index (χ3v) is 8.31. The summed E-state index contributed by atoms with van der Waals surface area (Å²) in [7, 11) is 0. The molecule has 5 rings (SSSR count). The highest BCUT2D eigenvalue weighted by molar-refractivity contribution is 8.14. The van der Waals surface area contributed by atoms with E-state index in [9.17, 15) is 22.4 Å². The first-order chi connectivity index (χ1) is 21.8. The quantitative estimate of drug-likeness (QED) is 0.159. The standard InChI is InChI=1S/C32H31F5N6O2S/c1-18-15-19(2)27(20(3)16-18)43-21(4)13-14-46-31(43)40-30(44)39-28(34)26(33)22-5-7-23(8-6-22)29-38-17-42(41-29)24-9-11-25(12-10-24)45-32(35,36)37/h5-12,15-17,21,26,28H,13-14H2,1-4H3,(H,39,44). The van der Waals surface area contributed by atoms with E-state index in [0.717, 1.165) is 46.7 Å². The van der Waals surface area contributed by atoms with Crippen LogP contribution in [0.4, 0.5) is 32.4 Å². The molecule has 8 nitrogen and oxygen atoms in total. The van der Waals surface area contributed by atoms with E-state index >= 15 is 4.39 Å². The lowest BCUT2D eigenvalue weighted by Gasteiger charge is -2.37. The number of carbonyl (C=O) groups is 1. The van der Waals surface area contributed by atoms with Crippen molar-refractivity contribution in [1.82, 2.24) is 20.1 Å². The molecular weight excluding hydrogens is 627 g/mol. The van der Waals surface area contributed by atoms with Crippen molar-refractivity contribution in [3.63, 3.8) is 0 Å². The Labute approximate surface area is 266 Å². The maximum Gasteiger partial charge on any atom is 0.573 e. The Morgan fingerprint density at radius 1 is 1.04 bits per heavy atom. The summed E-state index contributed by atoms with van der Waals surface area (Å²) in [6, 6.07) is 14.0. The maximum absolute atomic E-state index is 15.1. The Hall–Kier alpha value is -4.46. The zero-order valence-corrected chi connectivity index (χ0v) is 26.2. The van der Waals surface area contributed by atoms with Gasteiger partial charge in [-0.1, -0.05) is 53.7 Å². The summed E-state index contributed by atoms with van der Waals surface area (Å²) in [6.07, 6.45) is -7.09. The van der Waals surface area contributed by atoms with E-state index in [0.29, 0.717) is 16.4 Å². The minimum atomic E-state index is -4.80. The smallest absolute Gasteiger partial charge is 0.406 e. The number of aliphatic imine (C=N–C) groups is 1. The molecule has 0 spiro atoms. The number of urea groups is 1. The molecule has 0 radical (unpaired) electrons. The van der Waals surface area contributed by atoms with Gasteiger partial charge in [0, 0.05) is 23.0 Å². The number of nitrogens with one attached hydrogen (secondary N) is 1. The first kappa shape index (κ1) is 32.9. The highest BCUT2D eigenvalue weighted by Crippen LogP contribution is 2.35. The van der Waals surface area contributed by atoms with Crippen LogP contribution in [0, 0.1) is 20.8 Å². The highest BCUT2D eigenvalue weighted by atomic mass is 32.2. The number of hydrogen-bond donors (Lipinski definition) is 1. The van der Waals surface area contributed by atoms with E-state index in [1.165, 1.54) is 59.2 Å². The van der Waals surface area contributed by atoms with E-state index in [2.05, 4.69) is 31.9 Å². The molecule has 2 amide bonds. The van der Waals surface area contributed by atoms with Crippen LogP contribution in [-0.4, -0.2) is 50.4 Å². The number of halogens is 5. The minimum absolute atomic E-state index is 0.0166. The van der Waals surface area contributed by atoms with Crippen LogP contribution >= 0.6 is 11.8 Å². The van der Waals surface area contributed by atoms with Crippen molar-refractivity contribution in [3.8, 4) is 22.8 Å². The van der Waals surface area contributed by atoms with Crippen LogP contribution in [0.5, 0.6) is 5.75 Å². The van der Waals surface area contributed by atoms with Crippen LogP contribution in [0.25, 0.3) is 17.1 Å². The zero-order valence-electron chi connectivity index (χ0n) is 25.3. The number of ether oxygens (including phenoxy) is 1. The summed E-state index contributed by atoms with van der Waals surface area (Å²) in [5.41, 5.74) is 5.04. The number of anilines is 1. The third kappa shape index (κ3) is 7.66. The van der Waals surface area contributed by atoms with Crippen molar-refractivity contribution in [1.29, 1.82) is 0 Å². The molecule has 0 aliphatic carbocycles. The number of amidine groups is 1. The number of aryl methyl sites for hydroxylation is 3. The molecule has 2 heterocycles. The van der Waals surface area contributed by atoms with Gasteiger partial charge in [-0.05, 0) is 75.1 Å². The molecule has 1 fully saturated rings. The molecule has 46 heavy (non-hydrogen) atoms. The molecule has 242 valence electrons. The lowest BCUT2D eigenvalue weighted by molar-refractivity contribution is -0.274. The number of alkyl halides is 5. The summed E-state index contributed by atoms with van der Waals surface area (Å²) in [5, 5.41) is 6.76. The van der Waals surface area contributed by atoms with Crippen LogP contribution in [0.15, 0.2) is 72.0 Å². The number of aromatic nitrogens is 3. The second-order valence-electron chi connectivity index (χ2n) is 10.9. The van der Waals surface area contributed by atoms with Crippen LogP contribution in [0.3, 0.4) is 0 Å². The number of amides is 2. The summed E-state index contributed by atoms with van der Waals surface area (Å²) in [6.45, 7) is 8.05. The van der Waals surface area contributed by atoms with E-state index in [4.69, 9.17) is 0 Å². The van der Waals surface area contributed by atoms with Gasteiger partial charge in [-0.3, -0.25) is 0 Å². The van der Waals surface area contributed by atoms with Gasteiger partial charge < -0.3 is 15.0 Å². The van der Waals surface area contributed by atoms with Gasteiger partial charge in [0.05, 0.1) is 5.69 Å². The van der Waals surface area contributed by atoms with E-state index in [-0.39, 0.29) is 23.2 Å². The van der Waals surface area contributed by atoms with E-state index in [1.807, 2.05) is 37.9 Å². The molecule has 1 aromatic heterocycles. The highest BCUT2D eigenvalue weighted by Gasteiger charge is 2.32. The maximum atomic E-state index is 15.1. The Morgan fingerprint density at radius 3 is 2.33 bits per heavy atom. The molecule has 1 aliphatic heterocycles. The van der Waals surface area contributed by atoms with E-state index in [1.54, 1.807) is 0 Å². The fraction of sp³-hybridized carbons (Fsp3) is 0.312. The van der Waals surface area contributed by atoms with Gasteiger partial charge in [-0.25, -0.2) is 23.2 Å². The number of thioether (sulfide) groups is 1. The van der Waals surface area contributed by atoms with Crippen molar-refractivity contribution < 1.29 is 31.5 Å². The Morgan fingerprint density at radius 2 is 1.70 bits per heavy atom. The predicted octanol–water partition coefficient (Wildman–Crippen LogP) is 8.16. The largest absolute Gasteiger partial charge is 0.573 e. The summed E-state index contributed by atoms with van der Waals surface area (Å²) in [5.74, 6) is 0.613. The molecule has 0 bridgehead atoms. The molecule has 14 heteroatoms. The van der Waals surface area contributed by atoms with Crippen molar-refractivity contribution >= 4 is 28.6 Å². The van der Waals surface area contributed by atoms with Gasteiger partial charge >= 0.3 is 12.4 Å². The lowest BCUT2D eigenvalue weighted by Crippen LogP contribution is -2.43. The van der Waals surface area contributed by atoms with Crippen molar-refractivity contribution in [2.45, 2.75) is 59.0 Å². The van der Waals surface area contributed by atoms with E-state index < -0.39 is 24.9 Å². The normalized spacial score (nSPS) is 17.5. The molecule has 4 aromatic rings.